The maximum absolute atomic E-state index is 14.2. The highest BCUT2D eigenvalue weighted by Gasteiger charge is 2.26. The first-order chi connectivity index (χ1) is 37.7. The van der Waals surface area contributed by atoms with Crippen molar-refractivity contribution in [1.82, 2.24) is 27.9 Å². The number of carboxylic acids is 2. The number of benzene rings is 4. The standard InChI is InChI=1S/C58H48N6O14/c1-33-49(53(69)37-13-19-43-41(29-37)55(71)63(31-47(65)66)57(73)59-43)45-7-3-5-21-61(45)51(33)35-9-15-39(16-10-35)77-27-25-75-23-24-76-26-28-78-40-17-11-36(12-18-40)52-34(2)50(46-8-4-6-22-62(46)52)54(70)38-14-20-44-42(30-38)56(72)64(32-48(67)68)58(74)60-44/h3-22,29-30H,23-28,31-32H2,1-2H3,(H,59,73)(H,60,74)(H,65,66)(H,67,68). The number of ketones is 2. The van der Waals surface area contributed by atoms with Crippen molar-refractivity contribution in [2.45, 2.75) is 26.9 Å². The maximum Gasteiger partial charge on any atom is 0.329 e. The van der Waals surface area contributed by atoms with Gasteiger partial charge in [0.1, 0.15) is 37.8 Å². The molecular formula is C58H48N6O14. The van der Waals surface area contributed by atoms with Crippen LogP contribution in [0.1, 0.15) is 43.0 Å². The van der Waals surface area contributed by atoms with Crippen LogP contribution in [0.25, 0.3) is 55.4 Å². The minimum Gasteiger partial charge on any atom is -0.491 e. The average molecular weight is 1050 g/mol. The summed E-state index contributed by atoms with van der Waals surface area (Å²) in [7, 11) is 0. The maximum atomic E-state index is 14.2. The third-order valence-corrected chi connectivity index (χ3v) is 13.3. The zero-order valence-corrected chi connectivity index (χ0v) is 41.9. The van der Waals surface area contributed by atoms with Crippen LogP contribution in [0.15, 0.2) is 153 Å². The molecule has 0 aliphatic carbocycles. The van der Waals surface area contributed by atoms with Gasteiger partial charge in [-0.05, 0) is 145 Å². The number of fused-ring (bicyclic) bond motifs is 4. The predicted molar refractivity (Wildman–Crippen MR) is 288 cm³/mol. The Labute approximate surface area is 440 Å². The van der Waals surface area contributed by atoms with Crippen molar-refractivity contribution in [2.75, 3.05) is 39.6 Å². The minimum atomic E-state index is -1.35. The molecule has 0 spiro atoms. The molecule has 0 radical (unpaired) electrons. The SMILES string of the molecule is Cc1c(C(=O)c2ccc3[nH]c(=O)n(CC(=O)O)c(=O)c3c2)c2ccccn2c1-c1ccc(OCCOCCOCCOc2ccc(-c3c(C)c(C(=O)c4ccc5[nH]c(=O)n(CC(=O)O)c(=O)c5c4)c4ccccn34)cc2)cc1. The largest absolute Gasteiger partial charge is 0.491 e. The first-order valence-corrected chi connectivity index (χ1v) is 24.6. The number of rotatable bonds is 21. The third-order valence-electron chi connectivity index (χ3n) is 13.3. The van der Waals surface area contributed by atoms with Gasteiger partial charge in [-0.2, -0.15) is 0 Å². The second-order valence-electron chi connectivity index (χ2n) is 18.2. The molecule has 20 heteroatoms. The molecule has 0 unspecified atom stereocenters. The Balaban J connectivity index is 0.698. The number of aromatic nitrogens is 6. The Hall–Kier alpha value is -9.92. The Bertz CT molecular complexity index is 4000. The van der Waals surface area contributed by atoms with E-state index in [0.717, 1.165) is 22.5 Å². The molecule has 20 nitrogen and oxygen atoms in total. The highest BCUT2D eigenvalue weighted by molar-refractivity contribution is 6.17. The molecule has 4 aromatic carbocycles. The molecule has 0 amide bonds. The Morgan fingerprint density at radius 3 is 1.26 bits per heavy atom. The van der Waals surface area contributed by atoms with Gasteiger partial charge in [-0.25, -0.2) is 18.7 Å². The number of hydrogen-bond acceptors (Lipinski definition) is 12. The highest BCUT2D eigenvalue weighted by Crippen LogP contribution is 2.36. The zero-order valence-electron chi connectivity index (χ0n) is 41.9. The normalized spacial score (nSPS) is 11.5. The lowest BCUT2D eigenvalue weighted by Gasteiger charge is -2.10. The fourth-order valence-corrected chi connectivity index (χ4v) is 9.76. The van der Waals surface area contributed by atoms with E-state index in [1.807, 2.05) is 120 Å². The Kier molecular flexibility index (Phi) is 14.4. The first-order valence-electron chi connectivity index (χ1n) is 24.6. The first kappa shape index (κ1) is 51.6. The molecule has 0 aliphatic rings. The van der Waals surface area contributed by atoms with Crippen molar-refractivity contribution in [2.24, 2.45) is 0 Å². The van der Waals surface area contributed by atoms with Gasteiger partial charge in [0.2, 0.25) is 0 Å². The van der Waals surface area contributed by atoms with Crippen LogP contribution in [0, 0.1) is 13.8 Å². The summed E-state index contributed by atoms with van der Waals surface area (Å²) in [4.78, 5) is 107. The molecule has 0 atom stereocenters. The van der Waals surface area contributed by atoms with Gasteiger partial charge < -0.3 is 47.9 Å². The number of carbonyl (C=O) groups is 4. The van der Waals surface area contributed by atoms with Gasteiger partial charge in [0.25, 0.3) is 11.1 Å². The number of aromatic amines is 2. The Morgan fingerprint density at radius 1 is 0.487 bits per heavy atom. The van der Waals surface area contributed by atoms with Gasteiger partial charge in [-0.15, -0.1) is 0 Å². The van der Waals surface area contributed by atoms with Crippen molar-refractivity contribution in [3.8, 4) is 34.0 Å². The Morgan fingerprint density at radius 2 is 0.872 bits per heavy atom. The fraction of sp³-hybridized carbons (Fsp3) is 0.172. The second kappa shape index (κ2) is 21.7. The molecule has 0 fully saturated rings. The molecule has 6 heterocycles. The number of carbonyl (C=O) groups excluding carboxylic acids is 2. The van der Waals surface area contributed by atoms with Crippen LogP contribution in [0.5, 0.6) is 11.5 Å². The van der Waals surface area contributed by atoms with Crippen molar-refractivity contribution < 1.29 is 48.3 Å². The summed E-state index contributed by atoms with van der Waals surface area (Å²) in [5, 5.41) is 18.5. The number of ether oxygens (including phenoxy) is 4. The summed E-state index contributed by atoms with van der Waals surface area (Å²) in [6.45, 7) is 3.94. The van der Waals surface area contributed by atoms with E-state index >= 15 is 0 Å². The van der Waals surface area contributed by atoms with Crippen LogP contribution >= 0.6 is 0 Å². The van der Waals surface area contributed by atoms with Crippen LogP contribution in [-0.2, 0) is 32.2 Å². The van der Waals surface area contributed by atoms with E-state index in [0.29, 0.717) is 80.3 Å². The zero-order chi connectivity index (χ0) is 54.8. The summed E-state index contributed by atoms with van der Waals surface area (Å²) in [6, 6.07) is 34.7. The quantitative estimate of drug-likeness (QED) is 0.0457. The molecule has 4 N–H and O–H groups in total. The monoisotopic (exact) mass is 1050 g/mol. The summed E-state index contributed by atoms with van der Waals surface area (Å²) in [6.07, 6.45) is 3.72. The summed E-state index contributed by atoms with van der Waals surface area (Å²) in [5.41, 5.74) is 4.19. The van der Waals surface area contributed by atoms with E-state index in [9.17, 15) is 48.6 Å². The average Bonchev–Trinajstić information content (AvgIpc) is 4.08. The van der Waals surface area contributed by atoms with E-state index < -0.39 is 47.5 Å². The second-order valence-corrected chi connectivity index (χ2v) is 18.2. The van der Waals surface area contributed by atoms with Gasteiger partial charge in [0, 0.05) is 23.5 Å². The number of H-pyrrole nitrogens is 2. The predicted octanol–water partition coefficient (Wildman–Crippen LogP) is 6.27. The van der Waals surface area contributed by atoms with Crippen molar-refractivity contribution in [1.29, 1.82) is 0 Å². The van der Waals surface area contributed by atoms with Crippen LogP contribution < -0.4 is 32.0 Å². The molecular weight excluding hydrogens is 1000 g/mol. The molecule has 0 saturated carbocycles. The van der Waals surface area contributed by atoms with E-state index in [-0.39, 0.29) is 57.7 Å². The van der Waals surface area contributed by atoms with Crippen molar-refractivity contribution in [3.63, 3.8) is 0 Å². The molecule has 0 bridgehead atoms. The van der Waals surface area contributed by atoms with Crippen LogP contribution in [0.3, 0.4) is 0 Å². The number of carboxylic acid groups (broad SMARTS) is 2. The molecule has 0 aliphatic heterocycles. The smallest absolute Gasteiger partial charge is 0.329 e. The lowest BCUT2D eigenvalue weighted by Crippen LogP contribution is -2.37. The van der Waals surface area contributed by atoms with Crippen LogP contribution in [0.4, 0.5) is 0 Å². The van der Waals surface area contributed by atoms with Crippen LogP contribution in [0.2, 0.25) is 0 Å². The molecule has 394 valence electrons. The van der Waals surface area contributed by atoms with Gasteiger partial charge in [0.15, 0.2) is 11.6 Å². The van der Waals surface area contributed by atoms with E-state index in [2.05, 4.69) is 9.97 Å². The lowest BCUT2D eigenvalue weighted by atomic mass is 9.97. The fourth-order valence-electron chi connectivity index (χ4n) is 9.76. The number of pyridine rings is 2. The topological polar surface area (TPSA) is 264 Å². The molecule has 0 saturated heterocycles. The summed E-state index contributed by atoms with van der Waals surface area (Å²) >= 11 is 0. The highest BCUT2D eigenvalue weighted by atomic mass is 16.6. The van der Waals surface area contributed by atoms with Gasteiger partial charge in [-0.1, -0.05) is 12.1 Å². The van der Waals surface area contributed by atoms with E-state index in [1.165, 1.54) is 36.4 Å². The molecule has 6 aromatic heterocycles. The van der Waals surface area contributed by atoms with Crippen molar-refractivity contribution in [3.05, 3.63) is 209 Å². The van der Waals surface area contributed by atoms with Crippen molar-refractivity contribution >= 4 is 56.3 Å². The molecule has 10 rings (SSSR count). The van der Waals surface area contributed by atoms with E-state index in [1.54, 1.807) is 0 Å². The van der Waals surface area contributed by atoms with E-state index in [4.69, 9.17) is 18.9 Å². The van der Waals surface area contributed by atoms with Gasteiger partial charge >= 0.3 is 23.3 Å². The summed E-state index contributed by atoms with van der Waals surface area (Å²) in [5.74, 6) is -2.17. The summed E-state index contributed by atoms with van der Waals surface area (Å²) < 4.78 is 28.3. The van der Waals surface area contributed by atoms with Gasteiger partial charge in [-0.3, -0.25) is 28.8 Å². The molecule has 10 aromatic rings. The van der Waals surface area contributed by atoms with Gasteiger partial charge in [0.05, 0.1) is 81.8 Å². The number of aliphatic carboxylic acids is 2. The molecule has 78 heavy (non-hydrogen) atoms. The number of nitrogens with zero attached hydrogens (tertiary/aromatic N) is 4. The number of hydrogen-bond donors (Lipinski definition) is 4. The minimum absolute atomic E-state index is 0.0134. The lowest BCUT2D eigenvalue weighted by molar-refractivity contribution is -0.138. The number of nitrogens with one attached hydrogen (secondary N) is 2. The van der Waals surface area contributed by atoms with Crippen LogP contribution in [-0.4, -0.2) is 101 Å². The third kappa shape index (κ3) is 10.0.